The summed E-state index contributed by atoms with van der Waals surface area (Å²) >= 11 is 0. The molecule has 0 aromatic heterocycles. The van der Waals surface area contributed by atoms with Crippen LogP contribution in [-0.4, -0.2) is 35.7 Å². The lowest BCUT2D eigenvalue weighted by Crippen LogP contribution is -2.51. The first kappa shape index (κ1) is 13.4. The Morgan fingerprint density at radius 2 is 2.21 bits per heavy atom. The van der Waals surface area contributed by atoms with Gasteiger partial charge in [-0.15, -0.1) is 0 Å². The number of aromatic carboxylic acids is 1. The van der Waals surface area contributed by atoms with Crippen LogP contribution < -0.4 is 11.1 Å². The zero-order valence-electron chi connectivity index (χ0n) is 9.98. The third kappa shape index (κ3) is 2.72. The lowest BCUT2D eigenvalue weighted by Gasteiger charge is -2.20. The molecule has 1 aliphatic rings. The molecule has 1 atom stereocenters. The van der Waals surface area contributed by atoms with Gasteiger partial charge >= 0.3 is 5.97 Å². The molecule has 1 amide bonds. The Bertz CT molecular complexity index is 526. The number of carbonyl (C=O) groups excluding carboxylic acids is 1. The molecule has 1 aliphatic heterocycles. The van der Waals surface area contributed by atoms with Crippen LogP contribution in [0, 0.1) is 5.82 Å². The van der Waals surface area contributed by atoms with Crippen LogP contribution >= 0.6 is 0 Å². The monoisotopic (exact) mass is 268 g/mol. The number of carboxylic acid groups (broad SMARTS) is 1. The second-order valence-electron chi connectivity index (χ2n) is 4.41. The molecule has 1 fully saturated rings. The van der Waals surface area contributed by atoms with Crippen molar-refractivity contribution >= 4 is 17.6 Å². The number of rotatable bonds is 3. The predicted molar refractivity (Wildman–Crippen MR) is 64.3 cm³/mol. The maximum Gasteiger partial charge on any atom is 0.335 e. The van der Waals surface area contributed by atoms with Crippen molar-refractivity contribution in [1.82, 2.24) is 0 Å². The number of carboxylic acids is 1. The highest BCUT2D eigenvalue weighted by Crippen LogP contribution is 2.21. The van der Waals surface area contributed by atoms with Gasteiger partial charge in [0.05, 0.1) is 17.9 Å². The number of hydrogen-bond acceptors (Lipinski definition) is 4. The fourth-order valence-corrected chi connectivity index (χ4v) is 1.76. The average Bonchev–Trinajstić information content (AvgIpc) is 2.80. The number of nitrogens with two attached hydrogens (primary N) is 1. The summed E-state index contributed by atoms with van der Waals surface area (Å²) in [5, 5.41) is 11.1. The fraction of sp³-hybridized carbons (Fsp3) is 0.333. The second-order valence-corrected chi connectivity index (χ2v) is 4.41. The molecule has 0 saturated carbocycles. The Labute approximate surface area is 108 Å². The van der Waals surface area contributed by atoms with Gasteiger partial charge in [-0.25, -0.2) is 9.18 Å². The smallest absolute Gasteiger partial charge is 0.335 e. The number of benzene rings is 1. The zero-order valence-corrected chi connectivity index (χ0v) is 9.98. The van der Waals surface area contributed by atoms with Crippen LogP contribution in [0.4, 0.5) is 10.1 Å². The molecule has 1 aromatic carbocycles. The summed E-state index contributed by atoms with van der Waals surface area (Å²) in [4.78, 5) is 22.6. The van der Waals surface area contributed by atoms with Gasteiger partial charge in [-0.3, -0.25) is 4.79 Å². The van der Waals surface area contributed by atoms with Gasteiger partial charge in [-0.1, -0.05) is 0 Å². The largest absolute Gasteiger partial charge is 0.478 e. The Morgan fingerprint density at radius 1 is 1.47 bits per heavy atom. The Kier molecular flexibility index (Phi) is 3.50. The highest BCUT2D eigenvalue weighted by molar-refractivity contribution is 5.98. The van der Waals surface area contributed by atoms with E-state index in [9.17, 15) is 14.0 Å². The highest BCUT2D eigenvalue weighted by atomic mass is 19.1. The molecule has 7 heteroatoms. The van der Waals surface area contributed by atoms with E-state index in [4.69, 9.17) is 15.6 Å². The van der Waals surface area contributed by atoms with Gasteiger partial charge in [0.2, 0.25) is 5.91 Å². The standard InChI is InChI=1S/C12H13FN2O4/c13-8-5-7(10(16)17)1-2-9(8)15-11(18)12(14)3-4-19-6-12/h1-2,5H,3-4,6,14H2,(H,15,18)(H,16,17). The van der Waals surface area contributed by atoms with Crippen LogP contribution in [0.25, 0.3) is 0 Å². The minimum absolute atomic E-state index is 0.0770. The van der Waals surface area contributed by atoms with E-state index < -0.39 is 23.2 Å². The molecular weight excluding hydrogens is 255 g/mol. The first-order valence-electron chi connectivity index (χ1n) is 5.63. The van der Waals surface area contributed by atoms with Crippen LogP contribution in [0.15, 0.2) is 18.2 Å². The van der Waals surface area contributed by atoms with Crippen molar-refractivity contribution in [3.05, 3.63) is 29.6 Å². The molecule has 2 rings (SSSR count). The van der Waals surface area contributed by atoms with E-state index in [0.717, 1.165) is 6.07 Å². The SMILES string of the molecule is NC1(C(=O)Nc2ccc(C(=O)O)cc2F)CCOC1. The number of hydrogen-bond donors (Lipinski definition) is 3. The van der Waals surface area contributed by atoms with E-state index in [1.165, 1.54) is 12.1 Å². The lowest BCUT2D eigenvalue weighted by atomic mass is 9.99. The number of ether oxygens (including phenoxy) is 1. The normalized spacial score (nSPS) is 22.2. The topological polar surface area (TPSA) is 102 Å². The van der Waals surface area contributed by atoms with Gasteiger partial charge in [0.1, 0.15) is 11.4 Å². The predicted octanol–water partition coefficient (Wildman–Crippen LogP) is 0.580. The third-order valence-electron chi connectivity index (χ3n) is 2.97. The first-order valence-corrected chi connectivity index (χ1v) is 5.63. The minimum atomic E-state index is -1.24. The number of halogens is 1. The molecular formula is C12H13FN2O4. The molecule has 1 unspecified atom stereocenters. The molecule has 1 aromatic rings. The van der Waals surface area contributed by atoms with Gasteiger partial charge in [-0.2, -0.15) is 0 Å². The van der Waals surface area contributed by atoms with Crippen molar-refractivity contribution in [2.75, 3.05) is 18.5 Å². The summed E-state index contributed by atoms with van der Waals surface area (Å²) in [7, 11) is 0. The van der Waals surface area contributed by atoms with Gasteiger partial charge in [0, 0.05) is 6.61 Å². The fourth-order valence-electron chi connectivity index (χ4n) is 1.76. The highest BCUT2D eigenvalue weighted by Gasteiger charge is 2.38. The molecule has 1 saturated heterocycles. The molecule has 4 N–H and O–H groups in total. The summed E-state index contributed by atoms with van der Waals surface area (Å²) in [5.74, 6) is -2.61. The molecule has 0 spiro atoms. The molecule has 102 valence electrons. The van der Waals surface area contributed by atoms with Crippen molar-refractivity contribution < 1.29 is 23.8 Å². The van der Waals surface area contributed by atoms with Crippen LogP contribution in [0.5, 0.6) is 0 Å². The number of carbonyl (C=O) groups is 2. The maximum absolute atomic E-state index is 13.6. The van der Waals surface area contributed by atoms with Gasteiger partial charge in [-0.05, 0) is 24.6 Å². The van der Waals surface area contributed by atoms with Crippen molar-refractivity contribution in [3.63, 3.8) is 0 Å². The van der Waals surface area contributed by atoms with Crippen LogP contribution in [0.2, 0.25) is 0 Å². The van der Waals surface area contributed by atoms with Gasteiger partial charge < -0.3 is 20.9 Å². The van der Waals surface area contributed by atoms with E-state index in [-0.39, 0.29) is 17.9 Å². The summed E-state index contributed by atoms with van der Waals surface area (Å²) in [5.41, 5.74) is 4.36. The Hall–Kier alpha value is -1.99. The molecule has 0 radical (unpaired) electrons. The van der Waals surface area contributed by atoms with Crippen LogP contribution in [-0.2, 0) is 9.53 Å². The second kappa shape index (κ2) is 4.94. The van der Waals surface area contributed by atoms with Crippen LogP contribution in [0.3, 0.4) is 0 Å². The number of anilines is 1. The molecule has 0 bridgehead atoms. The van der Waals surface area contributed by atoms with E-state index in [1.54, 1.807) is 0 Å². The molecule has 19 heavy (non-hydrogen) atoms. The van der Waals surface area contributed by atoms with Gasteiger partial charge in [0.15, 0.2) is 0 Å². The van der Waals surface area contributed by atoms with E-state index in [0.29, 0.717) is 13.0 Å². The van der Waals surface area contributed by atoms with E-state index >= 15 is 0 Å². The summed E-state index contributed by atoms with van der Waals surface area (Å²) in [6.07, 6.45) is 0.355. The van der Waals surface area contributed by atoms with E-state index in [1.807, 2.05) is 0 Å². The zero-order chi connectivity index (χ0) is 14.0. The van der Waals surface area contributed by atoms with Crippen molar-refractivity contribution in [1.29, 1.82) is 0 Å². The van der Waals surface area contributed by atoms with Crippen molar-refractivity contribution in [2.24, 2.45) is 5.73 Å². The summed E-state index contributed by atoms with van der Waals surface area (Å²) in [6.45, 7) is 0.456. The van der Waals surface area contributed by atoms with E-state index in [2.05, 4.69) is 5.32 Å². The Morgan fingerprint density at radius 3 is 2.74 bits per heavy atom. The van der Waals surface area contributed by atoms with Crippen molar-refractivity contribution in [3.8, 4) is 0 Å². The number of amides is 1. The molecule has 6 nitrogen and oxygen atoms in total. The summed E-state index contributed by atoms with van der Waals surface area (Å²) in [6, 6.07) is 3.23. The lowest BCUT2D eigenvalue weighted by molar-refractivity contribution is -0.121. The molecule has 0 aliphatic carbocycles. The maximum atomic E-state index is 13.6. The first-order chi connectivity index (χ1) is 8.92. The quantitative estimate of drug-likeness (QED) is 0.744. The number of nitrogens with one attached hydrogen (secondary N) is 1. The van der Waals surface area contributed by atoms with Gasteiger partial charge in [0.25, 0.3) is 0 Å². The van der Waals surface area contributed by atoms with Crippen LogP contribution in [0.1, 0.15) is 16.8 Å². The van der Waals surface area contributed by atoms with Crippen molar-refractivity contribution in [2.45, 2.75) is 12.0 Å². The average molecular weight is 268 g/mol. The minimum Gasteiger partial charge on any atom is -0.478 e. The summed E-state index contributed by atoms with van der Waals surface area (Å²) < 4.78 is 18.7. The Balaban J connectivity index is 2.15. The molecule has 1 heterocycles. The third-order valence-corrected chi connectivity index (χ3v) is 2.97.